The molecule has 2 atom stereocenters. The SMILES string of the molecule is CCN1CCOC(CNCC(O)C(F)F)C1. The van der Waals surface area contributed by atoms with Gasteiger partial charge in [0, 0.05) is 26.2 Å². The molecule has 0 aromatic carbocycles. The van der Waals surface area contributed by atoms with Crippen LogP contribution in [0.15, 0.2) is 0 Å². The molecule has 1 fully saturated rings. The monoisotopic (exact) mass is 238 g/mol. The molecule has 1 saturated heterocycles. The molecular weight excluding hydrogens is 218 g/mol. The highest BCUT2D eigenvalue weighted by Gasteiger charge is 2.20. The fourth-order valence-corrected chi connectivity index (χ4v) is 1.67. The van der Waals surface area contributed by atoms with Crippen LogP contribution in [0.1, 0.15) is 6.92 Å². The van der Waals surface area contributed by atoms with Crippen LogP contribution >= 0.6 is 0 Å². The van der Waals surface area contributed by atoms with E-state index in [9.17, 15) is 8.78 Å². The first-order valence-electron chi connectivity index (χ1n) is 5.64. The maximum absolute atomic E-state index is 12.0. The Labute approximate surface area is 94.6 Å². The maximum Gasteiger partial charge on any atom is 0.265 e. The standard InChI is InChI=1S/C10H20F2N2O2/c1-2-14-3-4-16-8(7-14)5-13-6-9(15)10(11)12/h8-10,13,15H,2-7H2,1H3. The van der Waals surface area contributed by atoms with Crippen molar-refractivity contribution in [1.29, 1.82) is 0 Å². The topological polar surface area (TPSA) is 44.7 Å². The first-order chi connectivity index (χ1) is 7.63. The third kappa shape index (κ3) is 4.69. The minimum atomic E-state index is -2.69. The van der Waals surface area contributed by atoms with E-state index in [1.54, 1.807) is 0 Å². The molecule has 0 aromatic heterocycles. The van der Waals surface area contributed by atoms with Crippen molar-refractivity contribution in [3.05, 3.63) is 0 Å². The van der Waals surface area contributed by atoms with Crippen LogP contribution in [0.3, 0.4) is 0 Å². The van der Waals surface area contributed by atoms with E-state index in [-0.39, 0.29) is 12.6 Å². The highest BCUT2D eigenvalue weighted by atomic mass is 19.3. The minimum Gasteiger partial charge on any atom is -0.386 e. The molecule has 0 amide bonds. The third-order valence-electron chi connectivity index (χ3n) is 2.69. The van der Waals surface area contributed by atoms with Crippen molar-refractivity contribution in [2.75, 3.05) is 39.3 Å². The molecule has 16 heavy (non-hydrogen) atoms. The minimum absolute atomic E-state index is 0.0265. The number of halogens is 2. The van der Waals surface area contributed by atoms with Gasteiger partial charge in [-0.15, -0.1) is 0 Å². The molecule has 0 bridgehead atoms. The van der Waals surface area contributed by atoms with Crippen molar-refractivity contribution in [2.24, 2.45) is 0 Å². The summed E-state index contributed by atoms with van der Waals surface area (Å²) in [5, 5.41) is 11.7. The third-order valence-corrected chi connectivity index (χ3v) is 2.69. The Hall–Kier alpha value is -0.300. The summed E-state index contributed by atoms with van der Waals surface area (Å²) in [6, 6.07) is 0. The van der Waals surface area contributed by atoms with E-state index in [4.69, 9.17) is 9.84 Å². The summed E-state index contributed by atoms with van der Waals surface area (Å²) in [5.41, 5.74) is 0. The Morgan fingerprint density at radius 2 is 2.31 bits per heavy atom. The van der Waals surface area contributed by atoms with Gasteiger partial charge in [0.15, 0.2) is 0 Å². The van der Waals surface area contributed by atoms with Crippen LogP contribution in [-0.2, 0) is 4.74 Å². The Kier molecular flexibility index (Phi) is 6.12. The van der Waals surface area contributed by atoms with E-state index in [0.29, 0.717) is 13.2 Å². The molecule has 0 spiro atoms. The number of nitrogens with one attached hydrogen (secondary N) is 1. The van der Waals surface area contributed by atoms with Crippen LogP contribution in [0.5, 0.6) is 0 Å². The van der Waals surface area contributed by atoms with Gasteiger partial charge in [-0.1, -0.05) is 6.92 Å². The van der Waals surface area contributed by atoms with Gasteiger partial charge in [0.05, 0.1) is 12.7 Å². The van der Waals surface area contributed by atoms with Gasteiger partial charge in [0.2, 0.25) is 0 Å². The van der Waals surface area contributed by atoms with E-state index < -0.39 is 12.5 Å². The van der Waals surface area contributed by atoms with Crippen molar-refractivity contribution < 1.29 is 18.6 Å². The summed E-state index contributed by atoms with van der Waals surface area (Å²) in [7, 11) is 0. The van der Waals surface area contributed by atoms with Gasteiger partial charge in [-0.3, -0.25) is 4.90 Å². The summed E-state index contributed by atoms with van der Waals surface area (Å²) in [6.45, 7) is 5.87. The molecule has 2 unspecified atom stereocenters. The predicted octanol–water partition coefficient (Wildman–Crippen LogP) is -0.0773. The van der Waals surface area contributed by atoms with Gasteiger partial charge >= 0.3 is 0 Å². The summed E-state index contributed by atoms with van der Waals surface area (Å²) in [6.07, 6.45) is -4.25. The molecule has 1 heterocycles. The largest absolute Gasteiger partial charge is 0.386 e. The first-order valence-corrected chi connectivity index (χ1v) is 5.64. The second kappa shape index (κ2) is 7.11. The average Bonchev–Trinajstić information content (AvgIpc) is 2.29. The summed E-state index contributed by atoms with van der Waals surface area (Å²) in [5.74, 6) is 0. The molecule has 1 aliphatic rings. The van der Waals surface area contributed by atoms with Crippen molar-refractivity contribution in [3.63, 3.8) is 0 Å². The quantitative estimate of drug-likeness (QED) is 0.679. The van der Waals surface area contributed by atoms with Gasteiger partial charge in [0.1, 0.15) is 6.10 Å². The van der Waals surface area contributed by atoms with Crippen LogP contribution in [0.25, 0.3) is 0 Å². The number of likely N-dealkylation sites (N-methyl/N-ethyl adjacent to an activating group) is 1. The predicted molar refractivity (Wildman–Crippen MR) is 56.7 cm³/mol. The maximum atomic E-state index is 12.0. The Morgan fingerprint density at radius 1 is 1.56 bits per heavy atom. The summed E-state index contributed by atoms with van der Waals surface area (Å²) in [4.78, 5) is 2.25. The Morgan fingerprint density at radius 3 is 2.94 bits per heavy atom. The van der Waals surface area contributed by atoms with Crippen LogP contribution < -0.4 is 5.32 Å². The number of nitrogens with zero attached hydrogens (tertiary/aromatic N) is 1. The second-order valence-corrected chi connectivity index (χ2v) is 3.95. The number of hydrogen-bond acceptors (Lipinski definition) is 4. The van der Waals surface area contributed by atoms with Crippen LogP contribution in [-0.4, -0.2) is 68.0 Å². The molecule has 96 valence electrons. The van der Waals surface area contributed by atoms with Gasteiger partial charge in [-0.2, -0.15) is 0 Å². The van der Waals surface area contributed by atoms with Gasteiger partial charge < -0.3 is 15.2 Å². The fourth-order valence-electron chi connectivity index (χ4n) is 1.67. The molecule has 0 saturated carbocycles. The smallest absolute Gasteiger partial charge is 0.265 e. The zero-order chi connectivity index (χ0) is 12.0. The van der Waals surface area contributed by atoms with Crippen LogP contribution in [0.2, 0.25) is 0 Å². The number of aliphatic hydroxyl groups excluding tert-OH is 1. The summed E-state index contributed by atoms with van der Waals surface area (Å²) >= 11 is 0. The zero-order valence-electron chi connectivity index (χ0n) is 9.53. The molecule has 0 aromatic rings. The zero-order valence-corrected chi connectivity index (χ0v) is 9.53. The van der Waals surface area contributed by atoms with Crippen molar-refractivity contribution in [3.8, 4) is 0 Å². The second-order valence-electron chi connectivity index (χ2n) is 3.95. The lowest BCUT2D eigenvalue weighted by atomic mass is 10.2. The normalized spacial score (nSPS) is 24.9. The number of ether oxygens (including phenoxy) is 1. The Balaban J connectivity index is 2.12. The molecule has 1 aliphatic heterocycles. The first kappa shape index (κ1) is 13.8. The van der Waals surface area contributed by atoms with E-state index in [0.717, 1.165) is 19.6 Å². The lowest BCUT2D eigenvalue weighted by Crippen LogP contribution is -2.47. The van der Waals surface area contributed by atoms with Crippen LogP contribution in [0.4, 0.5) is 8.78 Å². The number of alkyl halides is 2. The molecule has 0 radical (unpaired) electrons. The average molecular weight is 238 g/mol. The van der Waals surface area contributed by atoms with Crippen molar-refractivity contribution >= 4 is 0 Å². The van der Waals surface area contributed by atoms with Gasteiger partial charge in [-0.05, 0) is 6.54 Å². The molecule has 0 aliphatic carbocycles. The highest BCUT2D eigenvalue weighted by Crippen LogP contribution is 2.04. The van der Waals surface area contributed by atoms with Gasteiger partial charge in [-0.25, -0.2) is 8.78 Å². The number of morpholine rings is 1. The van der Waals surface area contributed by atoms with Crippen LogP contribution in [0, 0.1) is 0 Å². The van der Waals surface area contributed by atoms with E-state index in [1.165, 1.54) is 0 Å². The lowest BCUT2D eigenvalue weighted by molar-refractivity contribution is -0.0318. The molecule has 4 nitrogen and oxygen atoms in total. The van der Waals surface area contributed by atoms with Gasteiger partial charge in [0.25, 0.3) is 6.43 Å². The van der Waals surface area contributed by atoms with Crippen molar-refractivity contribution in [1.82, 2.24) is 10.2 Å². The molecule has 1 rings (SSSR count). The number of hydrogen-bond donors (Lipinski definition) is 2. The summed E-state index contributed by atoms with van der Waals surface area (Å²) < 4.78 is 29.4. The molecule has 6 heteroatoms. The number of aliphatic hydroxyl groups is 1. The number of rotatable bonds is 6. The molecular formula is C10H20F2N2O2. The Bertz CT molecular complexity index is 196. The van der Waals surface area contributed by atoms with Crippen molar-refractivity contribution in [2.45, 2.75) is 25.6 Å². The highest BCUT2D eigenvalue weighted by molar-refractivity contribution is 4.73. The van der Waals surface area contributed by atoms with E-state index in [1.807, 2.05) is 0 Å². The van der Waals surface area contributed by atoms with E-state index in [2.05, 4.69) is 17.1 Å². The lowest BCUT2D eigenvalue weighted by Gasteiger charge is -2.32. The van der Waals surface area contributed by atoms with E-state index >= 15 is 0 Å². The molecule has 2 N–H and O–H groups in total. The fraction of sp³-hybridized carbons (Fsp3) is 1.00.